The van der Waals surface area contributed by atoms with Crippen LogP contribution in [0, 0.1) is 5.92 Å². The number of carbonyl (C=O) groups excluding carboxylic acids is 1. The molecule has 1 rings (SSSR count). The minimum absolute atomic E-state index is 0.113. The maximum absolute atomic E-state index is 11.1. The molecule has 0 bridgehead atoms. The first kappa shape index (κ1) is 9.69. The van der Waals surface area contributed by atoms with Gasteiger partial charge in [0.15, 0.2) is 0 Å². The molecule has 0 aromatic carbocycles. The normalized spacial score (nSPS) is 24.3. The van der Waals surface area contributed by atoms with Crippen LogP contribution in [0.5, 0.6) is 0 Å². The van der Waals surface area contributed by atoms with E-state index in [1.807, 2.05) is 13.5 Å². The van der Waals surface area contributed by atoms with Crippen molar-refractivity contribution in [2.75, 3.05) is 6.61 Å². The molecule has 1 aliphatic heterocycles. The molecule has 1 fully saturated rings. The third kappa shape index (κ3) is 3.34. The number of rotatable bonds is 5. The molecule has 0 amide bonds. The van der Waals surface area contributed by atoms with Crippen LogP contribution in [-0.4, -0.2) is 28.4 Å². The molecule has 0 radical (unpaired) electrons. The highest BCUT2D eigenvalue weighted by Gasteiger charge is 2.28. The highest BCUT2D eigenvalue weighted by atomic mass is 28.2. The minimum Gasteiger partial charge on any atom is -0.373 e. The Bertz CT molecular complexity index is 157. The summed E-state index contributed by atoms with van der Waals surface area (Å²) in [5, 5.41) is 0. The molecular formula is C7H14O4Si. The van der Waals surface area contributed by atoms with E-state index >= 15 is 0 Å². The summed E-state index contributed by atoms with van der Waals surface area (Å²) in [7, 11) is -0.647. The van der Waals surface area contributed by atoms with Crippen molar-refractivity contribution in [2.45, 2.75) is 26.0 Å². The van der Waals surface area contributed by atoms with E-state index in [0.29, 0.717) is 0 Å². The largest absolute Gasteiger partial charge is 0.373 e. The van der Waals surface area contributed by atoms with Gasteiger partial charge in [0.2, 0.25) is 9.76 Å². The molecule has 1 aliphatic rings. The molecular weight excluding hydrogens is 176 g/mol. The van der Waals surface area contributed by atoms with Crippen molar-refractivity contribution >= 4 is 15.7 Å². The summed E-state index contributed by atoms with van der Waals surface area (Å²) < 4.78 is 9.66. The smallest absolute Gasteiger partial charge is 0.343 e. The first-order valence-corrected chi connectivity index (χ1v) is 6.18. The zero-order chi connectivity index (χ0) is 8.97. The molecule has 1 saturated heterocycles. The Labute approximate surface area is 74.1 Å². The van der Waals surface area contributed by atoms with Gasteiger partial charge in [-0.25, -0.2) is 9.37 Å². The van der Waals surface area contributed by atoms with Gasteiger partial charge < -0.3 is 9.62 Å². The molecule has 0 N–H and O–H groups in total. The van der Waals surface area contributed by atoms with E-state index in [2.05, 4.69) is 9.46 Å². The monoisotopic (exact) mass is 190 g/mol. The summed E-state index contributed by atoms with van der Waals surface area (Å²) in [6.07, 6.45) is 1.01. The second-order valence-electron chi connectivity index (χ2n) is 2.90. The number of carbonyl (C=O) groups is 1. The standard InChI is InChI=1S/C7H14O4Si/c1-5(3-6-4-9-6)7(8)10-11-12-2/h5-6H,3-4,12H2,1-2H3. The van der Waals surface area contributed by atoms with Gasteiger partial charge in [-0.2, -0.15) is 0 Å². The molecule has 5 heteroatoms. The Kier molecular flexibility index (Phi) is 3.71. The lowest BCUT2D eigenvalue weighted by atomic mass is 10.1. The SMILES string of the molecule is C[SiH2]OOC(=O)C(C)CC1CO1. The summed E-state index contributed by atoms with van der Waals surface area (Å²) in [5.41, 5.74) is 0. The van der Waals surface area contributed by atoms with Crippen molar-refractivity contribution in [3.63, 3.8) is 0 Å². The Morgan fingerprint density at radius 2 is 2.50 bits per heavy atom. The molecule has 2 atom stereocenters. The second kappa shape index (κ2) is 4.59. The molecule has 0 aromatic rings. The zero-order valence-corrected chi connectivity index (χ0v) is 8.82. The van der Waals surface area contributed by atoms with Crippen LogP contribution in [0.25, 0.3) is 0 Å². The Morgan fingerprint density at radius 1 is 1.83 bits per heavy atom. The van der Waals surface area contributed by atoms with Crippen molar-refractivity contribution in [3.8, 4) is 0 Å². The van der Waals surface area contributed by atoms with E-state index in [4.69, 9.17) is 4.74 Å². The van der Waals surface area contributed by atoms with Crippen LogP contribution in [0.3, 0.4) is 0 Å². The van der Waals surface area contributed by atoms with Crippen LogP contribution in [0.15, 0.2) is 0 Å². The van der Waals surface area contributed by atoms with Gasteiger partial charge in [-0.3, -0.25) is 0 Å². The van der Waals surface area contributed by atoms with Gasteiger partial charge in [-0.1, -0.05) is 6.92 Å². The van der Waals surface area contributed by atoms with E-state index in [0.717, 1.165) is 13.0 Å². The van der Waals surface area contributed by atoms with Gasteiger partial charge in [-0.05, 0) is 13.0 Å². The number of hydrogen-bond donors (Lipinski definition) is 0. The lowest BCUT2D eigenvalue weighted by Gasteiger charge is -2.07. The molecule has 0 aliphatic carbocycles. The van der Waals surface area contributed by atoms with Gasteiger partial charge >= 0.3 is 5.97 Å². The molecule has 0 spiro atoms. The highest BCUT2D eigenvalue weighted by Crippen LogP contribution is 2.19. The zero-order valence-electron chi connectivity index (χ0n) is 7.41. The van der Waals surface area contributed by atoms with Crippen molar-refractivity contribution in [3.05, 3.63) is 0 Å². The van der Waals surface area contributed by atoms with E-state index in [-0.39, 0.29) is 18.0 Å². The Morgan fingerprint density at radius 3 is 3.00 bits per heavy atom. The lowest BCUT2D eigenvalue weighted by molar-refractivity contribution is -0.219. The molecule has 0 saturated carbocycles. The van der Waals surface area contributed by atoms with Crippen molar-refractivity contribution in [1.82, 2.24) is 0 Å². The maximum atomic E-state index is 11.1. The van der Waals surface area contributed by atoms with Gasteiger partial charge in [0.25, 0.3) is 0 Å². The minimum atomic E-state index is -0.647. The van der Waals surface area contributed by atoms with Crippen molar-refractivity contribution < 1.29 is 19.0 Å². The average molecular weight is 190 g/mol. The lowest BCUT2D eigenvalue weighted by Crippen LogP contribution is -2.17. The number of epoxide rings is 1. The highest BCUT2D eigenvalue weighted by molar-refractivity contribution is 6.24. The van der Waals surface area contributed by atoms with Crippen LogP contribution in [0.2, 0.25) is 6.55 Å². The quantitative estimate of drug-likeness (QED) is 0.265. The van der Waals surface area contributed by atoms with Crippen LogP contribution in [0.1, 0.15) is 13.3 Å². The van der Waals surface area contributed by atoms with Gasteiger partial charge in [-0.15, -0.1) is 0 Å². The summed E-state index contributed by atoms with van der Waals surface area (Å²) >= 11 is 0. The number of ether oxygens (including phenoxy) is 1. The van der Waals surface area contributed by atoms with Gasteiger partial charge in [0.05, 0.1) is 18.6 Å². The molecule has 4 nitrogen and oxygen atoms in total. The molecule has 12 heavy (non-hydrogen) atoms. The van der Waals surface area contributed by atoms with E-state index in [9.17, 15) is 4.79 Å². The van der Waals surface area contributed by atoms with E-state index in [1.54, 1.807) is 0 Å². The second-order valence-corrected chi connectivity index (χ2v) is 3.71. The Hall–Kier alpha value is -0.393. The third-order valence-electron chi connectivity index (χ3n) is 1.68. The van der Waals surface area contributed by atoms with Crippen LogP contribution < -0.4 is 0 Å². The maximum Gasteiger partial charge on any atom is 0.343 e. The Balaban J connectivity index is 2.11. The number of hydrogen-bond acceptors (Lipinski definition) is 4. The average Bonchev–Trinajstić information content (AvgIpc) is 2.83. The first-order chi connectivity index (χ1) is 5.74. The van der Waals surface area contributed by atoms with Gasteiger partial charge in [0, 0.05) is 0 Å². The summed E-state index contributed by atoms with van der Waals surface area (Å²) in [4.78, 5) is 15.6. The molecule has 70 valence electrons. The predicted octanol–water partition coefficient (Wildman–Crippen LogP) is 0.0181. The van der Waals surface area contributed by atoms with Crippen LogP contribution in [-0.2, 0) is 19.0 Å². The fourth-order valence-corrected chi connectivity index (χ4v) is 1.13. The predicted molar refractivity (Wildman–Crippen MR) is 45.1 cm³/mol. The first-order valence-electron chi connectivity index (χ1n) is 4.19. The fraction of sp³-hybridized carbons (Fsp3) is 0.857. The molecule has 2 unspecified atom stereocenters. The topological polar surface area (TPSA) is 48.1 Å². The molecule has 1 heterocycles. The van der Waals surface area contributed by atoms with Crippen molar-refractivity contribution in [1.29, 1.82) is 0 Å². The summed E-state index contributed by atoms with van der Waals surface area (Å²) in [6, 6.07) is 0. The summed E-state index contributed by atoms with van der Waals surface area (Å²) in [5.74, 6) is -0.391. The van der Waals surface area contributed by atoms with E-state index in [1.165, 1.54) is 0 Å². The van der Waals surface area contributed by atoms with E-state index < -0.39 is 9.76 Å². The van der Waals surface area contributed by atoms with Crippen molar-refractivity contribution in [2.24, 2.45) is 5.92 Å². The summed E-state index contributed by atoms with van der Waals surface area (Å²) in [6.45, 7) is 4.51. The fourth-order valence-electron chi connectivity index (χ4n) is 0.894. The molecule has 0 aromatic heterocycles. The van der Waals surface area contributed by atoms with Crippen LogP contribution in [0.4, 0.5) is 0 Å². The van der Waals surface area contributed by atoms with Crippen LogP contribution >= 0.6 is 0 Å². The third-order valence-corrected chi connectivity index (χ3v) is 2.03. The van der Waals surface area contributed by atoms with Gasteiger partial charge in [0.1, 0.15) is 0 Å².